The van der Waals surface area contributed by atoms with E-state index in [1.54, 1.807) is 6.08 Å². The van der Waals surface area contributed by atoms with Gasteiger partial charge in [-0.3, -0.25) is 0 Å². The first-order chi connectivity index (χ1) is 4.70. The molecule has 1 rings (SSSR count). The van der Waals surface area contributed by atoms with Gasteiger partial charge in [-0.25, -0.2) is 8.78 Å². The standard InChI is InChI=1S/C7H11F2N/c8-7(9)5-1-3-6(10)4-2-5/h1,6-7H,2-4,10H2. The molecule has 0 bridgehead atoms. The van der Waals surface area contributed by atoms with E-state index in [1.165, 1.54) is 0 Å². The SMILES string of the molecule is NC1CC=C(C(F)F)CC1. The van der Waals surface area contributed by atoms with Crippen molar-refractivity contribution in [1.82, 2.24) is 0 Å². The Morgan fingerprint density at radius 2 is 2.30 bits per heavy atom. The summed E-state index contributed by atoms with van der Waals surface area (Å²) >= 11 is 0. The summed E-state index contributed by atoms with van der Waals surface area (Å²) in [7, 11) is 0. The molecule has 0 aliphatic heterocycles. The van der Waals surface area contributed by atoms with Crippen molar-refractivity contribution in [2.75, 3.05) is 0 Å². The molecule has 1 atom stereocenters. The molecule has 0 saturated heterocycles. The van der Waals surface area contributed by atoms with Gasteiger partial charge in [0.2, 0.25) is 0 Å². The zero-order valence-electron chi connectivity index (χ0n) is 5.69. The third kappa shape index (κ3) is 1.77. The molecule has 1 unspecified atom stereocenters. The molecular weight excluding hydrogens is 136 g/mol. The van der Waals surface area contributed by atoms with E-state index < -0.39 is 6.43 Å². The Morgan fingerprint density at radius 3 is 2.70 bits per heavy atom. The van der Waals surface area contributed by atoms with Crippen LogP contribution >= 0.6 is 0 Å². The molecule has 0 saturated carbocycles. The van der Waals surface area contributed by atoms with E-state index in [9.17, 15) is 8.78 Å². The van der Waals surface area contributed by atoms with Crippen molar-refractivity contribution in [2.45, 2.75) is 31.7 Å². The normalized spacial score (nSPS) is 26.8. The van der Waals surface area contributed by atoms with Gasteiger partial charge in [0.25, 0.3) is 6.43 Å². The lowest BCUT2D eigenvalue weighted by atomic mass is 9.96. The summed E-state index contributed by atoms with van der Waals surface area (Å²) in [6.45, 7) is 0. The van der Waals surface area contributed by atoms with Gasteiger partial charge in [0, 0.05) is 6.04 Å². The van der Waals surface area contributed by atoms with E-state index in [-0.39, 0.29) is 11.6 Å². The highest BCUT2D eigenvalue weighted by atomic mass is 19.3. The molecule has 0 fully saturated rings. The van der Waals surface area contributed by atoms with Gasteiger partial charge < -0.3 is 5.73 Å². The van der Waals surface area contributed by atoms with E-state index in [1.807, 2.05) is 0 Å². The summed E-state index contributed by atoms with van der Waals surface area (Å²) in [6, 6.07) is 0.0995. The van der Waals surface area contributed by atoms with Gasteiger partial charge in [-0.05, 0) is 24.8 Å². The maximum absolute atomic E-state index is 11.9. The monoisotopic (exact) mass is 147 g/mol. The molecule has 0 aromatic heterocycles. The lowest BCUT2D eigenvalue weighted by molar-refractivity contribution is 0.181. The number of hydrogen-bond donors (Lipinski definition) is 1. The number of nitrogens with two attached hydrogens (primary N) is 1. The third-order valence-corrected chi connectivity index (χ3v) is 1.77. The second-order valence-corrected chi connectivity index (χ2v) is 2.61. The molecule has 2 N–H and O–H groups in total. The average Bonchev–Trinajstić information content (AvgIpc) is 1.88. The molecule has 0 radical (unpaired) electrons. The van der Waals surface area contributed by atoms with Crippen LogP contribution in [-0.2, 0) is 0 Å². The first kappa shape index (κ1) is 7.66. The van der Waals surface area contributed by atoms with Crippen molar-refractivity contribution in [1.29, 1.82) is 0 Å². The summed E-state index contributed by atoms with van der Waals surface area (Å²) in [6.07, 6.45) is 1.08. The first-order valence-electron chi connectivity index (χ1n) is 3.43. The van der Waals surface area contributed by atoms with Crippen molar-refractivity contribution in [3.05, 3.63) is 11.6 Å². The maximum Gasteiger partial charge on any atom is 0.259 e. The van der Waals surface area contributed by atoms with Crippen LogP contribution in [0.25, 0.3) is 0 Å². The Bertz CT molecular complexity index is 143. The molecule has 0 aromatic rings. The minimum atomic E-state index is -2.27. The number of rotatable bonds is 1. The van der Waals surface area contributed by atoms with Crippen LogP contribution in [0.4, 0.5) is 8.78 Å². The largest absolute Gasteiger partial charge is 0.327 e. The Balaban J connectivity index is 2.48. The zero-order valence-corrected chi connectivity index (χ0v) is 5.69. The van der Waals surface area contributed by atoms with Crippen molar-refractivity contribution in [2.24, 2.45) is 5.73 Å². The van der Waals surface area contributed by atoms with E-state index in [0.29, 0.717) is 19.3 Å². The van der Waals surface area contributed by atoms with Crippen molar-refractivity contribution >= 4 is 0 Å². The minimum Gasteiger partial charge on any atom is -0.327 e. The number of halogens is 2. The molecule has 58 valence electrons. The summed E-state index contributed by atoms with van der Waals surface area (Å²) in [4.78, 5) is 0. The third-order valence-electron chi connectivity index (χ3n) is 1.77. The molecule has 0 spiro atoms. The number of allylic oxidation sites excluding steroid dienone is 1. The Hall–Kier alpha value is -0.440. The van der Waals surface area contributed by atoms with Gasteiger partial charge in [0.05, 0.1) is 0 Å². The average molecular weight is 147 g/mol. The summed E-state index contributed by atoms with van der Waals surface area (Å²) in [5, 5.41) is 0. The highest BCUT2D eigenvalue weighted by molar-refractivity contribution is 5.09. The molecule has 0 amide bonds. The second-order valence-electron chi connectivity index (χ2n) is 2.61. The minimum absolute atomic E-state index is 0.0995. The van der Waals surface area contributed by atoms with Crippen molar-refractivity contribution < 1.29 is 8.78 Å². The predicted octanol–water partition coefficient (Wildman–Crippen LogP) is 1.69. The van der Waals surface area contributed by atoms with E-state index in [0.717, 1.165) is 0 Å². The summed E-state index contributed by atoms with van der Waals surface area (Å²) < 4.78 is 23.9. The smallest absolute Gasteiger partial charge is 0.259 e. The molecule has 10 heavy (non-hydrogen) atoms. The van der Waals surface area contributed by atoms with Gasteiger partial charge in [-0.2, -0.15) is 0 Å². The quantitative estimate of drug-likeness (QED) is 0.561. The van der Waals surface area contributed by atoms with Gasteiger partial charge in [0.15, 0.2) is 0 Å². The molecule has 3 heteroatoms. The maximum atomic E-state index is 11.9. The summed E-state index contributed by atoms with van der Waals surface area (Å²) in [5.41, 5.74) is 5.77. The Labute approximate surface area is 58.9 Å². The van der Waals surface area contributed by atoms with Crippen LogP contribution < -0.4 is 5.73 Å². The Kier molecular flexibility index (Phi) is 2.38. The lowest BCUT2D eigenvalue weighted by Gasteiger charge is -2.17. The zero-order chi connectivity index (χ0) is 7.56. The number of alkyl halides is 2. The Morgan fingerprint density at radius 1 is 1.60 bits per heavy atom. The molecule has 1 aliphatic carbocycles. The van der Waals surface area contributed by atoms with Crippen LogP contribution in [0.15, 0.2) is 11.6 Å². The van der Waals surface area contributed by atoms with Gasteiger partial charge in [-0.15, -0.1) is 0 Å². The fraction of sp³-hybridized carbons (Fsp3) is 0.714. The highest BCUT2D eigenvalue weighted by Gasteiger charge is 2.16. The van der Waals surface area contributed by atoms with Gasteiger partial charge >= 0.3 is 0 Å². The first-order valence-corrected chi connectivity index (χ1v) is 3.43. The predicted molar refractivity (Wildman–Crippen MR) is 35.9 cm³/mol. The number of hydrogen-bond acceptors (Lipinski definition) is 1. The van der Waals surface area contributed by atoms with Crippen LogP contribution in [0.3, 0.4) is 0 Å². The molecule has 0 aromatic carbocycles. The lowest BCUT2D eigenvalue weighted by Crippen LogP contribution is -2.22. The van der Waals surface area contributed by atoms with Gasteiger partial charge in [0.1, 0.15) is 0 Å². The molecule has 0 heterocycles. The van der Waals surface area contributed by atoms with Crippen molar-refractivity contribution in [3.63, 3.8) is 0 Å². The fourth-order valence-corrected chi connectivity index (χ4v) is 1.07. The van der Waals surface area contributed by atoms with Crippen LogP contribution in [0, 0.1) is 0 Å². The van der Waals surface area contributed by atoms with Crippen LogP contribution in [0.2, 0.25) is 0 Å². The van der Waals surface area contributed by atoms with E-state index in [4.69, 9.17) is 5.73 Å². The van der Waals surface area contributed by atoms with Crippen LogP contribution in [0.5, 0.6) is 0 Å². The molecule has 1 nitrogen and oxygen atoms in total. The van der Waals surface area contributed by atoms with E-state index in [2.05, 4.69) is 0 Å². The molecular formula is C7H11F2N. The topological polar surface area (TPSA) is 26.0 Å². The fourth-order valence-electron chi connectivity index (χ4n) is 1.07. The molecule has 1 aliphatic rings. The van der Waals surface area contributed by atoms with Gasteiger partial charge in [-0.1, -0.05) is 6.08 Å². The van der Waals surface area contributed by atoms with Crippen LogP contribution in [-0.4, -0.2) is 12.5 Å². The summed E-state index contributed by atoms with van der Waals surface area (Å²) in [5.74, 6) is 0. The van der Waals surface area contributed by atoms with Crippen LogP contribution in [0.1, 0.15) is 19.3 Å². The van der Waals surface area contributed by atoms with E-state index >= 15 is 0 Å². The second kappa shape index (κ2) is 3.10. The van der Waals surface area contributed by atoms with Crippen molar-refractivity contribution in [3.8, 4) is 0 Å². The highest BCUT2D eigenvalue weighted by Crippen LogP contribution is 2.21.